The summed E-state index contributed by atoms with van der Waals surface area (Å²) in [4.78, 5) is 4.87. The van der Waals surface area contributed by atoms with E-state index in [9.17, 15) is 4.39 Å². The van der Waals surface area contributed by atoms with Gasteiger partial charge in [-0.25, -0.2) is 4.39 Å². The maximum atomic E-state index is 12.8. The van der Waals surface area contributed by atoms with Crippen LogP contribution in [0.25, 0.3) is 0 Å². The molecule has 0 bridgehead atoms. The standard InChI is InChI=1S/C14H21FN2/c1-2-16-7-9-17(10-8-16)12-14-6-4-3-5-13(14)11-15/h3-6H,2,7-12H2,1H3. The highest BCUT2D eigenvalue weighted by Gasteiger charge is 2.16. The zero-order valence-corrected chi connectivity index (χ0v) is 10.5. The van der Waals surface area contributed by atoms with Crippen LogP contribution in [0.15, 0.2) is 24.3 Å². The Bertz CT molecular complexity index is 346. The van der Waals surface area contributed by atoms with Crippen LogP contribution in [-0.4, -0.2) is 42.5 Å². The summed E-state index contributed by atoms with van der Waals surface area (Å²) in [5.41, 5.74) is 1.98. The van der Waals surface area contributed by atoms with Crippen molar-refractivity contribution in [2.24, 2.45) is 0 Å². The van der Waals surface area contributed by atoms with Gasteiger partial charge in [0.25, 0.3) is 0 Å². The molecule has 0 saturated carbocycles. The first-order chi connectivity index (χ1) is 8.33. The summed E-state index contributed by atoms with van der Waals surface area (Å²) in [7, 11) is 0. The van der Waals surface area contributed by atoms with Gasteiger partial charge in [0.15, 0.2) is 0 Å². The summed E-state index contributed by atoms with van der Waals surface area (Å²) < 4.78 is 12.8. The average Bonchev–Trinajstić information content (AvgIpc) is 2.40. The Morgan fingerprint density at radius 1 is 1.00 bits per heavy atom. The molecule has 1 aromatic carbocycles. The molecule has 94 valence electrons. The lowest BCUT2D eigenvalue weighted by molar-refractivity contribution is 0.131. The van der Waals surface area contributed by atoms with E-state index in [2.05, 4.69) is 16.7 Å². The quantitative estimate of drug-likeness (QED) is 0.791. The first kappa shape index (κ1) is 12.5. The predicted molar refractivity (Wildman–Crippen MR) is 68.6 cm³/mol. The van der Waals surface area contributed by atoms with Gasteiger partial charge in [0.2, 0.25) is 0 Å². The monoisotopic (exact) mass is 236 g/mol. The number of alkyl halides is 1. The third kappa shape index (κ3) is 3.27. The molecule has 0 radical (unpaired) electrons. The minimum absolute atomic E-state index is 0.356. The van der Waals surface area contributed by atoms with Gasteiger partial charge in [0.1, 0.15) is 6.67 Å². The molecule has 0 amide bonds. The van der Waals surface area contributed by atoms with E-state index in [-0.39, 0.29) is 6.67 Å². The Balaban J connectivity index is 1.93. The lowest BCUT2D eigenvalue weighted by Gasteiger charge is -2.34. The number of hydrogen-bond donors (Lipinski definition) is 0. The third-order valence-electron chi connectivity index (χ3n) is 3.57. The molecular weight excluding hydrogens is 215 g/mol. The van der Waals surface area contributed by atoms with Crippen molar-refractivity contribution in [3.8, 4) is 0 Å². The number of rotatable bonds is 4. The second-order valence-corrected chi connectivity index (χ2v) is 4.61. The van der Waals surface area contributed by atoms with E-state index >= 15 is 0 Å². The fraction of sp³-hybridized carbons (Fsp3) is 0.571. The van der Waals surface area contributed by atoms with Crippen molar-refractivity contribution in [3.05, 3.63) is 35.4 Å². The van der Waals surface area contributed by atoms with Gasteiger partial charge in [-0.3, -0.25) is 4.90 Å². The number of nitrogens with zero attached hydrogens (tertiary/aromatic N) is 2. The topological polar surface area (TPSA) is 6.48 Å². The van der Waals surface area contributed by atoms with E-state index in [0.717, 1.165) is 50.4 Å². The lowest BCUT2D eigenvalue weighted by atomic mass is 10.1. The average molecular weight is 236 g/mol. The van der Waals surface area contributed by atoms with Crippen LogP contribution in [0.1, 0.15) is 18.1 Å². The largest absolute Gasteiger partial charge is 0.301 e. The fourth-order valence-electron chi connectivity index (χ4n) is 2.35. The minimum Gasteiger partial charge on any atom is -0.301 e. The second kappa shape index (κ2) is 6.12. The fourth-order valence-corrected chi connectivity index (χ4v) is 2.35. The van der Waals surface area contributed by atoms with Crippen LogP contribution in [0.2, 0.25) is 0 Å². The highest BCUT2D eigenvalue weighted by Crippen LogP contribution is 2.14. The molecule has 0 atom stereocenters. The van der Waals surface area contributed by atoms with Crippen molar-refractivity contribution in [2.75, 3.05) is 32.7 Å². The number of likely N-dealkylation sites (N-methyl/N-ethyl adjacent to an activating group) is 1. The second-order valence-electron chi connectivity index (χ2n) is 4.61. The first-order valence-electron chi connectivity index (χ1n) is 6.41. The summed E-state index contributed by atoms with van der Waals surface area (Å²) >= 11 is 0. The van der Waals surface area contributed by atoms with Crippen LogP contribution in [0.5, 0.6) is 0 Å². The van der Waals surface area contributed by atoms with Crippen molar-refractivity contribution >= 4 is 0 Å². The van der Waals surface area contributed by atoms with Crippen molar-refractivity contribution in [2.45, 2.75) is 20.1 Å². The van der Waals surface area contributed by atoms with E-state index in [4.69, 9.17) is 0 Å². The Labute approximate surface area is 103 Å². The molecule has 3 heteroatoms. The molecule has 0 spiro atoms. The van der Waals surface area contributed by atoms with Gasteiger partial charge in [0.05, 0.1) is 0 Å². The third-order valence-corrected chi connectivity index (χ3v) is 3.57. The summed E-state index contributed by atoms with van der Waals surface area (Å²) in [6.07, 6.45) is 0. The van der Waals surface area contributed by atoms with Gasteiger partial charge in [-0.05, 0) is 17.7 Å². The molecule has 0 unspecified atom stereocenters. The maximum Gasteiger partial charge on any atom is 0.115 e. The SMILES string of the molecule is CCN1CCN(Cc2ccccc2CF)CC1. The van der Waals surface area contributed by atoms with Crippen molar-refractivity contribution in [1.29, 1.82) is 0 Å². The van der Waals surface area contributed by atoms with Crippen molar-refractivity contribution in [1.82, 2.24) is 9.80 Å². The molecule has 0 aliphatic carbocycles. The number of piperazine rings is 1. The van der Waals surface area contributed by atoms with Crippen LogP contribution in [0, 0.1) is 0 Å². The molecule has 2 nitrogen and oxygen atoms in total. The van der Waals surface area contributed by atoms with Crippen LogP contribution >= 0.6 is 0 Å². The van der Waals surface area contributed by atoms with E-state index in [1.54, 1.807) is 0 Å². The maximum absolute atomic E-state index is 12.8. The Morgan fingerprint density at radius 3 is 2.18 bits per heavy atom. The van der Waals surface area contributed by atoms with Crippen molar-refractivity contribution in [3.63, 3.8) is 0 Å². The lowest BCUT2D eigenvalue weighted by Crippen LogP contribution is -2.45. The molecule has 2 rings (SSSR count). The van der Waals surface area contributed by atoms with Gasteiger partial charge >= 0.3 is 0 Å². The van der Waals surface area contributed by atoms with Crippen LogP contribution in [0.3, 0.4) is 0 Å². The molecule has 0 N–H and O–H groups in total. The highest BCUT2D eigenvalue weighted by molar-refractivity contribution is 5.26. The summed E-state index contributed by atoms with van der Waals surface area (Å²) in [5, 5.41) is 0. The normalized spacial score (nSPS) is 18.5. The zero-order valence-electron chi connectivity index (χ0n) is 10.5. The molecule has 1 saturated heterocycles. The first-order valence-corrected chi connectivity index (χ1v) is 6.41. The van der Waals surface area contributed by atoms with E-state index < -0.39 is 0 Å². The molecular formula is C14H21FN2. The van der Waals surface area contributed by atoms with Crippen LogP contribution < -0.4 is 0 Å². The Hall–Kier alpha value is -0.930. The number of benzene rings is 1. The summed E-state index contributed by atoms with van der Waals surface area (Å²) in [5.74, 6) is 0. The van der Waals surface area contributed by atoms with E-state index in [1.807, 2.05) is 24.3 Å². The highest BCUT2D eigenvalue weighted by atomic mass is 19.1. The summed E-state index contributed by atoms with van der Waals surface area (Å²) in [6.45, 7) is 8.32. The van der Waals surface area contributed by atoms with Gasteiger partial charge < -0.3 is 4.90 Å². The molecule has 1 heterocycles. The number of halogens is 1. The van der Waals surface area contributed by atoms with E-state index in [0.29, 0.717) is 0 Å². The Kier molecular flexibility index (Phi) is 4.51. The van der Waals surface area contributed by atoms with Crippen LogP contribution in [0.4, 0.5) is 4.39 Å². The molecule has 0 aromatic heterocycles. The molecule has 1 aliphatic heterocycles. The molecule has 1 aliphatic rings. The number of hydrogen-bond acceptors (Lipinski definition) is 2. The zero-order chi connectivity index (χ0) is 12.1. The van der Waals surface area contributed by atoms with Gasteiger partial charge in [0, 0.05) is 32.7 Å². The molecule has 1 fully saturated rings. The van der Waals surface area contributed by atoms with Crippen LogP contribution in [-0.2, 0) is 13.2 Å². The van der Waals surface area contributed by atoms with Gasteiger partial charge in [-0.2, -0.15) is 0 Å². The summed E-state index contributed by atoms with van der Waals surface area (Å²) in [6, 6.07) is 7.84. The van der Waals surface area contributed by atoms with Gasteiger partial charge in [-0.15, -0.1) is 0 Å². The Morgan fingerprint density at radius 2 is 1.59 bits per heavy atom. The van der Waals surface area contributed by atoms with E-state index in [1.165, 1.54) is 0 Å². The molecule has 1 aromatic rings. The molecule has 17 heavy (non-hydrogen) atoms. The van der Waals surface area contributed by atoms with Crippen molar-refractivity contribution < 1.29 is 4.39 Å². The minimum atomic E-state index is -0.356. The van der Waals surface area contributed by atoms with Gasteiger partial charge in [-0.1, -0.05) is 31.2 Å². The predicted octanol–water partition coefficient (Wildman–Crippen LogP) is 2.29. The smallest absolute Gasteiger partial charge is 0.115 e.